The Morgan fingerprint density at radius 1 is 1.35 bits per heavy atom. The molecule has 1 rings (SSSR count). The average molecular weight is 257 g/mol. The quantitative estimate of drug-likeness (QED) is 0.761. The van der Waals surface area contributed by atoms with Crippen LogP contribution in [0.25, 0.3) is 0 Å². The van der Waals surface area contributed by atoms with Crippen LogP contribution >= 0.6 is 0 Å². The molecule has 1 aromatic heterocycles. The van der Waals surface area contributed by atoms with Gasteiger partial charge in [-0.1, -0.05) is 6.07 Å². The summed E-state index contributed by atoms with van der Waals surface area (Å²) in [6.07, 6.45) is 1.36. The van der Waals surface area contributed by atoms with Crippen molar-refractivity contribution in [3.05, 3.63) is 24.4 Å². The van der Waals surface area contributed by atoms with Gasteiger partial charge >= 0.3 is 5.97 Å². The summed E-state index contributed by atoms with van der Waals surface area (Å²) in [6, 6.07) is 4.50. The van der Waals surface area contributed by atoms with Gasteiger partial charge < -0.3 is 4.74 Å². The number of carbonyl (C=O) groups is 1. The zero-order valence-electron chi connectivity index (χ0n) is 10.0. The van der Waals surface area contributed by atoms with Crippen molar-refractivity contribution in [2.24, 2.45) is 0 Å². The summed E-state index contributed by atoms with van der Waals surface area (Å²) in [5.41, 5.74) is -0.698. The molecule has 0 saturated heterocycles. The third kappa shape index (κ3) is 4.52. The van der Waals surface area contributed by atoms with E-state index in [1.165, 1.54) is 12.3 Å². The molecule has 0 amide bonds. The van der Waals surface area contributed by atoms with Gasteiger partial charge in [0.25, 0.3) is 0 Å². The molecule has 0 N–H and O–H groups in total. The van der Waals surface area contributed by atoms with E-state index in [0.717, 1.165) is 0 Å². The van der Waals surface area contributed by atoms with Gasteiger partial charge in [-0.25, -0.2) is 13.4 Å². The highest BCUT2D eigenvalue weighted by molar-refractivity contribution is 7.92. The Balaban J connectivity index is 2.79. The van der Waals surface area contributed by atoms with Crippen LogP contribution in [0.1, 0.15) is 20.8 Å². The molecular weight excluding hydrogens is 242 g/mol. The first-order valence-corrected chi connectivity index (χ1v) is 6.71. The fourth-order valence-electron chi connectivity index (χ4n) is 1.13. The Hall–Kier alpha value is -1.43. The molecule has 6 heteroatoms. The van der Waals surface area contributed by atoms with E-state index in [0.29, 0.717) is 0 Å². The zero-order chi connectivity index (χ0) is 13.1. The van der Waals surface area contributed by atoms with Crippen molar-refractivity contribution < 1.29 is 17.9 Å². The lowest BCUT2D eigenvalue weighted by Gasteiger charge is -2.19. The number of nitrogens with zero attached hydrogens (tertiary/aromatic N) is 1. The number of pyridine rings is 1. The second kappa shape index (κ2) is 4.83. The zero-order valence-corrected chi connectivity index (χ0v) is 10.8. The number of aromatic nitrogens is 1. The molecule has 0 bridgehead atoms. The molecule has 1 heterocycles. The van der Waals surface area contributed by atoms with E-state index >= 15 is 0 Å². The standard InChI is InChI=1S/C11H15NO4S/c1-11(2,3)16-10(13)8-17(14,15)9-6-4-5-7-12-9/h4-7H,8H2,1-3H3. The SMILES string of the molecule is CC(C)(C)OC(=O)CS(=O)(=O)c1ccccn1. The van der Waals surface area contributed by atoms with Crippen molar-refractivity contribution in [2.75, 3.05) is 5.75 Å². The number of carbonyl (C=O) groups excluding carboxylic acids is 1. The lowest BCUT2D eigenvalue weighted by molar-refractivity contribution is -0.151. The molecule has 94 valence electrons. The monoisotopic (exact) mass is 257 g/mol. The second-order valence-corrected chi connectivity index (χ2v) is 6.45. The van der Waals surface area contributed by atoms with E-state index in [1.807, 2.05) is 0 Å². The molecule has 0 atom stereocenters. The van der Waals surface area contributed by atoms with Gasteiger partial charge in [-0.05, 0) is 32.9 Å². The number of hydrogen-bond acceptors (Lipinski definition) is 5. The number of ether oxygens (including phenoxy) is 1. The summed E-state index contributed by atoms with van der Waals surface area (Å²) in [7, 11) is -3.72. The lowest BCUT2D eigenvalue weighted by atomic mass is 10.2. The summed E-state index contributed by atoms with van der Waals surface area (Å²) in [5.74, 6) is -1.47. The van der Waals surface area contributed by atoms with Crippen LogP contribution in [0.5, 0.6) is 0 Å². The Morgan fingerprint density at radius 2 is 2.00 bits per heavy atom. The maximum Gasteiger partial charge on any atom is 0.322 e. The minimum atomic E-state index is -3.72. The first-order valence-electron chi connectivity index (χ1n) is 5.06. The maximum atomic E-state index is 11.8. The van der Waals surface area contributed by atoms with E-state index in [4.69, 9.17) is 4.74 Å². The van der Waals surface area contributed by atoms with E-state index < -0.39 is 27.2 Å². The van der Waals surface area contributed by atoms with Gasteiger partial charge in [-0.15, -0.1) is 0 Å². The highest BCUT2D eigenvalue weighted by atomic mass is 32.2. The van der Waals surface area contributed by atoms with Crippen molar-refractivity contribution in [2.45, 2.75) is 31.4 Å². The normalized spacial score (nSPS) is 12.2. The summed E-state index contributed by atoms with van der Waals surface area (Å²) in [5, 5.41) is -0.120. The van der Waals surface area contributed by atoms with Crippen LogP contribution in [0.15, 0.2) is 29.4 Å². The third-order valence-electron chi connectivity index (χ3n) is 1.68. The maximum absolute atomic E-state index is 11.8. The van der Waals surface area contributed by atoms with Gasteiger partial charge in [0.1, 0.15) is 5.60 Å². The topological polar surface area (TPSA) is 73.3 Å². The minimum Gasteiger partial charge on any atom is -0.459 e. The fraction of sp³-hybridized carbons (Fsp3) is 0.455. The molecule has 0 aliphatic heterocycles. The van der Waals surface area contributed by atoms with Gasteiger partial charge in [-0.3, -0.25) is 4.79 Å². The first kappa shape index (κ1) is 13.6. The summed E-state index contributed by atoms with van der Waals surface area (Å²) in [4.78, 5) is 15.1. The largest absolute Gasteiger partial charge is 0.459 e. The highest BCUT2D eigenvalue weighted by Crippen LogP contribution is 2.11. The van der Waals surface area contributed by atoms with Crippen LogP contribution in [-0.2, 0) is 19.4 Å². The van der Waals surface area contributed by atoms with Gasteiger partial charge in [0, 0.05) is 6.20 Å². The van der Waals surface area contributed by atoms with Crippen LogP contribution in [0.2, 0.25) is 0 Å². The lowest BCUT2D eigenvalue weighted by Crippen LogP contribution is -2.28. The van der Waals surface area contributed by atoms with Crippen LogP contribution in [-0.4, -0.2) is 30.7 Å². The van der Waals surface area contributed by atoms with Crippen LogP contribution in [0.3, 0.4) is 0 Å². The Kier molecular flexibility index (Phi) is 3.87. The number of esters is 1. The fourth-order valence-corrected chi connectivity index (χ4v) is 2.16. The van der Waals surface area contributed by atoms with Gasteiger partial charge in [0.05, 0.1) is 0 Å². The van der Waals surface area contributed by atoms with Crippen molar-refractivity contribution in [3.63, 3.8) is 0 Å². The number of sulfone groups is 1. The van der Waals surface area contributed by atoms with Crippen LogP contribution < -0.4 is 0 Å². The van der Waals surface area contributed by atoms with E-state index in [-0.39, 0.29) is 5.03 Å². The van der Waals surface area contributed by atoms with Crippen molar-refractivity contribution in [1.29, 1.82) is 0 Å². The molecule has 0 fully saturated rings. The summed E-state index contributed by atoms with van der Waals surface area (Å²) in [6.45, 7) is 5.04. The smallest absolute Gasteiger partial charge is 0.322 e. The molecular formula is C11H15NO4S. The van der Waals surface area contributed by atoms with Gasteiger partial charge in [-0.2, -0.15) is 0 Å². The molecule has 0 radical (unpaired) electrons. The molecule has 1 aromatic rings. The average Bonchev–Trinajstić information content (AvgIpc) is 2.15. The van der Waals surface area contributed by atoms with Crippen molar-refractivity contribution >= 4 is 15.8 Å². The van der Waals surface area contributed by atoms with Crippen molar-refractivity contribution in [1.82, 2.24) is 4.98 Å². The van der Waals surface area contributed by atoms with Gasteiger partial charge in [0.2, 0.25) is 9.84 Å². The molecule has 0 unspecified atom stereocenters. The second-order valence-electron chi connectivity index (χ2n) is 4.51. The third-order valence-corrected chi connectivity index (χ3v) is 3.18. The highest BCUT2D eigenvalue weighted by Gasteiger charge is 2.24. The molecule has 0 aliphatic rings. The minimum absolute atomic E-state index is 0.120. The Labute approximate surface area is 101 Å². The van der Waals surface area contributed by atoms with E-state index in [1.54, 1.807) is 32.9 Å². The Morgan fingerprint density at radius 3 is 2.47 bits per heavy atom. The van der Waals surface area contributed by atoms with Crippen LogP contribution in [0.4, 0.5) is 0 Å². The first-order chi connectivity index (χ1) is 7.71. The van der Waals surface area contributed by atoms with Gasteiger partial charge in [0.15, 0.2) is 10.8 Å². The van der Waals surface area contributed by atoms with E-state index in [2.05, 4.69) is 4.98 Å². The van der Waals surface area contributed by atoms with Crippen LogP contribution in [0, 0.1) is 0 Å². The molecule has 0 saturated carbocycles. The van der Waals surface area contributed by atoms with E-state index in [9.17, 15) is 13.2 Å². The molecule has 0 aliphatic carbocycles. The van der Waals surface area contributed by atoms with Crippen molar-refractivity contribution in [3.8, 4) is 0 Å². The number of rotatable bonds is 3. The number of hydrogen-bond donors (Lipinski definition) is 0. The summed E-state index contributed by atoms with van der Waals surface area (Å²) >= 11 is 0. The molecule has 0 aromatic carbocycles. The predicted molar refractivity (Wildman–Crippen MR) is 62.1 cm³/mol. The summed E-state index contributed by atoms with van der Waals surface area (Å²) < 4.78 is 28.5. The Bertz CT molecular complexity index is 488. The molecule has 17 heavy (non-hydrogen) atoms. The molecule has 5 nitrogen and oxygen atoms in total. The predicted octanol–water partition coefficient (Wildman–Crippen LogP) is 1.20. The molecule has 0 spiro atoms.